The lowest BCUT2D eigenvalue weighted by atomic mass is 10.3. The van der Waals surface area contributed by atoms with Crippen molar-refractivity contribution in [2.45, 2.75) is 13.0 Å². The van der Waals surface area contributed by atoms with Gasteiger partial charge >= 0.3 is 0 Å². The Labute approximate surface area is 100.0 Å². The maximum atomic E-state index is 9.36. The molecule has 0 aliphatic heterocycles. The van der Waals surface area contributed by atoms with Gasteiger partial charge in [-0.2, -0.15) is 0 Å². The molecule has 1 N–H and O–H groups in total. The maximum Gasteiger partial charge on any atom is 0.125 e. The molecule has 2 aromatic rings. The maximum absolute atomic E-state index is 9.36. The van der Waals surface area contributed by atoms with Crippen LogP contribution in [0.5, 0.6) is 0 Å². The molecule has 0 bridgehead atoms. The van der Waals surface area contributed by atoms with Crippen molar-refractivity contribution in [2.24, 2.45) is 0 Å². The normalized spacial score (nSPS) is 12.7. The molecule has 1 unspecified atom stereocenters. The Morgan fingerprint density at radius 2 is 2.27 bits per heavy atom. The number of thiazole rings is 1. The standard InChI is InChI=1S/C10H9BrN2OS/c1-6(14)9-5-15-10(13-9)7-2-8(11)4-12-3-7/h2-6,14H,1H3. The number of aromatic nitrogens is 2. The van der Waals surface area contributed by atoms with Crippen molar-refractivity contribution in [3.05, 3.63) is 34.0 Å². The summed E-state index contributed by atoms with van der Waals surface area (Å²) in [7, 11) is 0. The summed E-state index contributed by atoms with van der Waals surface area (Å²) in [5, 5.41) is 12.1. The van der Waals surface area contributed by atoms with E-state index in [1.165, 1.54) is 11.3 Å². The summed E-state index contributed by atoms with van der Waals surface area (Å²) in [5.74, 6) is 0. The second-order valence-corrected chi connectivity index (χ2v) is 4.92. The number of hydrogen-bond acceptors (Lipinski definition) is 4. The molecule has 0 aliphatic carbocycles. The van der Waals surface area contributed by atoms with Crippen LogP contribution < -0.4 is 0 Å². The van der Waals surface area contributed by atoms with Gasteiger partial charge in [-0.05, 0) is 28.9 Å². The number of hydrogen-bond donors (Lipinski definition) is 1. The van der Waals surface area contributed by atoms with Gasteiger partial charge in [0.15, 0.2) is 0 Å². The summed E-state index contributed by atoms with van der Waals surface area (Å²) in [5.41, 5.74) is 1.66. The minimum absolute atomic E-state index is 0.518. The van der Waals surface area contributed by atoms with E-state index in [0.717, 1.165) is 15.0 Å². The van der Waals surface area contributed by atoms with Crippen LogP contribution in [0.2, 0.25) is 0 Å². The van der Waals surface area contributed by atoms with Gasteiger partial charge in [-0.1, -0.05) is 0 Å². The van der Waals surface area contributed by atoms with Crippen molar-refractivity contribution < 1.29 is 5.11 Å². The van der Waals surface area contributed by atoms with Crippen molar-refractivity contribution in [3.63, 3.8) is 0 Å². The van der Waals surface area contributed by atoms with Crippen LogP contribution in [0.1, 0.15) is 18.7 Å². The topological polar surface area (TPSA) is 46.0 Å². The fourth-order valence-corrected chi connectivity index (χ4v) is 2.39. The molecular formula is C10H9BrN2OS. The lowest BCUT2D eigenvalue weighted by Crippen LogP contribution is -1.90. The van der Waals surface area contributed by atoms with Gasteiger partial charge < -0.3 is 5.11 Å². The summed E-state index contributed by atoms with van der Waals surface area (Å²) >= 11 is 4.87. The molecule has 2 aromatic heterocycles. The Morgan fingerprint density at radius 3 is 2.87 bits per heavy atom. The molecule has 0 radical (unpaired) electrons. The monoisotopic (exact) mass is 284 g/mol. The van der Waals surface area contributed by atoms with E-state index in [0.29, 0.717) is 5.69 Å². The van der Waals surface area contributed by atoms with Crippen LogP contribution in [0.3, 0.4) is 0 Å². The highest BCUT2D eigenvalue weighted by molar-refractivity contribution is 9.10. The first-order valence-electron chi connectivity index (χ1n) is 4.41. The highest BCUT2D eigenvalue weighted by Crippen LogP contribution is 2.27. The van der Waals surface area contributed by atoms with Gasteiger partial charge in [0, 0.05) is 27.8 Å². The van der Waals surface area contributed by atoms with E-state index < -0.39 is 6.10 Å². The minimum Gasteiger partial charge on any atom is -0.387 e. The van der Waals surface area contributed by atoms with Crippen molar-refractivity contribution in [3.8, 4) is 10.6 Å². The van der Waals surface area contributed by atoms with Crippen molar-refractivity contribution >= 4 is 27.3 Å². The minimum atomic E-state index is -0.518. The molecule has 0 saturated carbocycles. The van der Waals surface area contributed by atoms with Crippen LogP contribution in [-0.4, -0.2) is 15.1 Å². The predicted molar refractivity (Wildman–Crippen MR) is 63.7 cm³/mol. The first kappa shape index (κ1) is 10.7. The third-order valence-corrected chi connectivity index (χ3v) is 3.25. The van der Waals surface area contributed by atoms with Gasteiger partial charge in [-0.25, -0.2) is 4.98 Å². The van der Waals surface area contributed by atoms with E-state index in [1.54, 1.807) is 19.3 Å². The van der Waals surface area contributed by atoms with Gasteiger partial charge in [-0.3, -0.25) is 4.98 Å². The molecule has 0 fully saturated rings. The van der Waals surface area contributed by atoms with Gasteiger partial charge in [0.05, 0.1) is 11.8 Å². The predicted octanol–water partition coefficient (Wildman–Crippen LogP) is 3.02. The summed E-state index contributed by atoms with van der Waals surface area (Å²) < 4.78 is 0.925. The van der Waals surface area contributed by atoms with Crippen LogP contribution in [0, 0.1) is 0 Å². The van der Waals surface area contributed by atoms with Crippen LogP contribution >= 0.6 is 27.3 Å². The molecule has 0 aromatic carbocycles. The lowest BCUT2D eigenvalue weighted by Gasteiger charge is -1.98. The Kier molecular flexibility index (Phi) is 3.14. The smallest absolute Gasteiger partial charge is 0.125 e. The summed E-state index contributed by atoms with van der Waals surface area (Å²) in [4.78, 5) is 8.40. The number of rotatable bonds is 2. The molecule has 0 amide bonds. The van der Waals surface area contributed by atoms with Gasteiger partial charge in [0.25, 0.3) is 0 Å². The molecule has 1 atom stereocenters. The average Bonchev–Trinajstić information content (AvgIpc) is 2.66. The zero-order valence-corrected chi connectivity index (χ0v) is 10.4. The second-order valence-electron chi connectivity index (χ2n) is 3.15. The van der Waals surface area contributed by atoms with E-state index in [9.17, 15) is 5.11 Å². The van der Waals surface area contributed by atoms with Gasteiger partial charge in [0.2, 0.25) is 0 Å². The first-order chi connectivity index (χ1) is 7.16. The number of nitrogens with zero attached hydrogens (tertiary/aromatic N) is 2. The number of pyridine rings is 1. The van der Waals surface area contributed by atoms with Gasteiger partial charge in [-0.15, -0.1) is 11.3 Å². The molecule has 78 valence electrons. The summed E-state index contributed by atoms with van der Waals surface area (Å²) in [6.07, 6.45) is 2.97. The van der Waals surface area contributed by atoms with Gasteiger partial charge in [0.1, 0.15) is 5.01 Å². The Morgan fingerprint density at radius 1 is 1.47 bits per heavy atom. The third kappa shape index (κ3) is 2.42. The Balaban J connectivity index is 2.37. The first-order valence-corrected chi connectivity index (χ1v) is 6.08. The van der Waals surface area contributed by atoms with Crippen molar-refractivity contribution in [2.75, 3.05) is 0 Å². The second kappa shape index (κ2) is 4.38. The molecule has 0 saturated heterocycles. The van der Waals surface area contributed by atoms with E-state index in [4.69, 9.17) is 0 Å². The SMILES string of the molecule is CC(O)c1csc(-c2cncc(Br)c2)n1. The van der Waals surface area contributed by atoms with Crippen molar-refractivity contribution in [1.82, 2.24) is 9.97 Å². The number of aliphatic hydroxyl groups is 1. The quantitative estimate of drug-likeness (QED) is 0.922. The summed E-state index contributed by atoms with van der Waals surface area (Å²) in [6, 6.07) is 1.96. The highest BCUT2D eigenvalue weighted by atomic mass is 79.9. The van der Waals surface area contributed by atoms with Crippen molar-refractivity contribution in [1.29, 1.82) is 0 Å². The zero-order valence-electron chi connectivity index (χ0n) is 8.01. The molecule has 3 nitrogen and oxygen atoms in total. The zero-order chi connectivity index (χ0) is 10.8. The Bertz CT molecular complexity index is 470. The fraction of sp³-hybridized carbons (Fsp3) is 0.200. The molecule has 2 heterocycles. The van der Waals surface area contributed by atoms with Crippen LogP contribution in [-0.2, 0) is 0 Å². The molecule has 2 rings (SSSR count). The van der Waals surface area contributed by atoms with E-state index >= 15 is 0 Å². The lowest BCUT2D eigenvalue weighted by molar-refractivity contribution is 0.195. The third-order valence-electron chi connectivity index (χ3n) is 1.90. The Hall–Kier alpha value is -0.780. The van der Waals surface area contributed by atoms with Crippen LogP contribution in [0.15, 0.2) is 28.3 Å². The molecule has 0 aliphatic rings. The average molecular weight is 285 g/mol. The fourth-order valence-electron chi connectivity index (χ4n) is 1.14. The molecule has 5 heteroatoms. The largest absolute Gasteiger partial charge is 0.387 e. The molecule has 15 heavy (non-hydrogen) atoms. The molecular weight excluding hydrogens is 276 g/mol. The van der Waals surface area contributed by atoms with E-state index in [1.807, 2.05) is 11.4 Å². The van der Waals surface area contributed by atoms with E-state index in [2.05, 4.69) is 25.9 Å². The number of halogens is 1. The number of aliphatic hydroxyl groups excluding tert-OH is 1. The molecule has 0 spiro atoms. The van der Waals surface area contributed by atoms with E-state index in [-0.39, 0.29) is 0 Å². The van der Waals surface area contributed by atoms with Crippen LogP contribution in [0.4, 0.5) is 0 Å². The highest BCUT2D eigenvalue weighted by Gasteiger charge is 2.08. The summed E-state index contributed by atoms with van der Waals surface area (Å²) in [6.45, 7) is 1.71. The van der Waals surface area contributed by atoms with Crippen LogP contribution in [0.25, 0.3) is 10.6 Å².